The molecule has 4 nitrogen and oxygen atoms in total. The van der Waals surface area contributed by atoms with E-state index in [1.807, 2.05) is 11.9 Å². The summed E-state index contributed by atoms with van der Waals surface area (Å²) in [5.41, 5.74) is 4.77. The van der Waals surface area contributed by atoms with E-state index in [1.165, 1.54) is 16.7 Å². The minimum absolute atomic E-state index is 0.0820. The Morgan fingerprint density at radius 3 is 2.58 bits per heavy atom. The van der Waals surface area contributed by atoms with Gasteiger partial charge in [0.2, 0.25) is 5.91 Å². The predicted molar refractivity (Wildman–Crippen MR) is 76.5 cm³/mol. The highest BCUT2D eigenvalue weighted by atomic mass is 16.2. The second-order valence-electron chi connectivity index (χ2n) is 5.53. The zero-order valence-corrected chi connectivity index (χ0v) is 11.9. The number of likely N-dealkylation sites (N-methyl/N-ethyl adjacent to an activating group) is 1. The number of carbonyl (C=O) groups excluding carboxylic acids is 1. The SMILES string of the molecule is Cc1ccc2c(c1C)N(C)C(=O)C2N1CCNCC1. The number of amides is 1. The van der Waals surface area contributed by atoms with Gasteiger partial charge in [0, 0.05) is 38.8 Å². The van der Waals surface area contributed by atoms with E-state index in [2.05, 4.69) is 36.2 Å². The maximum Gasteiger partial charge on any atom is 0.248 e. The first kappa shape index (κ1) is 12.6. The van der Waals surface area contributed by atoms with Crippen LogP contribution < -0.4 is 10.2 Å². The Bertz CT molecular complexity index is 520. The van der Waals surface area contributed by atoms with Crippen LogP contribution in [0, 0.1) is 13.8 Å². The van der Waals surface area contributed by atoms with Crippen LogP contribution in [0.1, 0.15) is 22.7 Å². The van der Waals surface area contributed by atoms with Crippen molar-refractivity contribution in [2.45, 2.75) is 19.9 Å². The van der Waals surface area contributed by atoms with Crippen LogP contribution in [0.5, 0.6) is 0 Å². The Labute approximate surface area is 114 Å². The molecule has 1 unspecified atom stereocenters. The average Bonchev–Trinajstić information content (AvgIpc) is 2.68. The monoisotopic (exact) mass is 259 g/mol. The van der Waals surface area contributed by atoms with Crippen LogP contribution in [0.15, 0.2) is 12.1 Å². The van der Waals surface area contributed by atoms with Crippen molar-refractivity contribution in [1.82, 2.24) is 10.2 Å². The molecule has 2 aliphatic heterocycles. The van der Waals surface area contributed by atoms with Crippen molar-refractivity contribution < 1.29 is 4.79 Å². The van der Waals surface area contributed by atoms with Gasteiger partial charge in [-0.1, -0.05) is 12.1 Å². The fourth-order valence-electron chi connectivity index (χ4n) is 3.21. The van der Waals surface area contributed by atoms with Crippen LogP contribution in [0.3, 0.4) is 0 Å². The Morgan fingerprint density at radius 1 is 1.21 bits per heavy atom. The molecule has 0 saturated carbocycles. The van der Waals surface area contributed by atoms with E-state index in [9.17, 15) is 4.79 Å². The van der Waals surface area contributed by atoms with Crippen LogP contribution >= 0.6 is 0 Å². The predicted octanol–water partition coefficient (Wildman–Crippen LogP) is 1.23. The molecule has 1 N–H and O–H groups in total. The van der Waals surface area contributed by atoms with E-state index in [0.717, 1.165) is 31.9 Å². The summed E-state index contributed by atoms with van der Waals surface area (Å²) < 4.78 is 0. The molecule has 1 fully saturated rings. The van der Waals surface area contributed by atoms with Crippen LogP contribution in [0.2, 0.25) is 0 Å². The van der Waals surface area contributed by atoms with Gasteiger partial charge in [-0.05, 0) is 25.0 Å². The van der Waals surface area contributed by atoms with Gasteiger partial charge in [-0.15, -0.1) is 0 Å². The van der Waals surface area contributed by atoms with Gasteiger partial charge in [0.1, 0.15) is 6.04 Å². The molecule has 1 amide bonds. The van der Waals surface area contributed by atoms with E-state index in [4.69, 9.17) is 0 Å². The largest absolute Gasteiger partial charge is 0.314 e. The number of aryl methyl sites for hydroxylation is 1. The van der Waals surface area contributed by atoms with Gasteiger partial charge in [-0.2, -0.15) is 0 Å². The van der Waals surface area contributed by atoms with E-state index >= 15 is 0 Å². The molecule has 2 heterocycles. The second-order valence-corrected chi connectivity index (χ2v) is 5.53. The topological polar surface area (TPSA) is 35.6 Å². The molecule has 0 radical (unpaired) electrons. The van der Waals surface area contributed by atoms with Gasteiger partial charge in [-0.25, -0.2) is 0 Å². The third kappa shape index (κ3) is 1.86. The zero-order chi connectivity index (χ0) is 13.6. The maximum absolute atomic E-state index is 12.6. The summed E-state index contributed by atoms with van der Waals surface area (Å²) in [4.78, 5) is 16.7. The number of anilines is 1. The van der Waals surface area contributed by atoms with Crippen molar-refractivity contribution in [1.29, 1.82) is 0 Å². The van der Waals surface area contributed by atoms with Crippen molar-refractivity contribution in [2.24, 2.45) is 0 Å². The van der Waals surface area contributed by atoms with Crippen molar-refractivity contribution in [3.8, 4) is 0 Å². The van der Waals surface area contributed by atoms with Crippen LogP contribution in [-0.4, -0.2) is 44.0 Å². The Balaban J connectivity index is 2.05. The number of nitrogens with one attached hydrogen (secondary N) is 1. The highest BCUT2D eigenvalue weighted by Gasteiger charge is 2.40. The van der Waals surface area contributed by atoms with Crippen LogP contribution in [0.4, 0.5) is 5.69 Å². The normalized spacial score (nSPS) is 23.8. The second kappa shape index (κ2) is 4.62. The molecule has 1 aromatic rings. The van der Waals surface area contributed by atoms with Gasteiger partial charge < -0.3 is 10.2 Å². The summed E-state index contributed by atoms with van der Waals surface area (Å²) in [5.74, 6) is 0.214. The molecular weight excluding hydrogens is 238 g/mol. The number of hydrogen-bond acceptors (Lipinski definition) is 3. The molecule has 3 rings (SSSR count). The average molecular weight is 259 g/mol. The number of nitrogens with zero attached hydrogens (tertiary/aromatic N) is 2. The van der Waals surface area contributed by atoms with Crippen molar-refractivity contribution in [2.75, 3.05) is 38.1 Å². The Kier molecular flexibility index (Phi) is 3.07. The molecule has 102 valence electrons. The standard InChI is InChI=1S/C15H21N3O/c1-10-4-5-12-13(11(10)2)17(3)15(19)14(12)18-8-6-16-7-9-18/h4-5,14,16H,6-9H2,1-3H3. The number of piperazine rings is 1. The molecule has 4 heteroatoms. The molecule has 0 spiro atoms. The van der Waals surface area contributed by atoms with E-state index in [1.54, 1.807) is 0 Å². The minimum Gasteiger partial charge on any atom is -0.314 e. The van der Waals surface area contributed by atoms with E-state index in [-0.39, 0.29) is 11.9 Å². The first-order chi connectivity index (χ1) is 9.11. The Morgan fingerprint density at radius 2 is 1.89 bits per heavy atom. The van der Waals surface area contributed by atoms with E-state index < -0.39 is 0 Å². The van der Waals surface area contributed by atoms with Gasteiger partial charge in [0.15, 0.2) is 0 Å². The lowest BCUT2D eigenvalue weighted by Gasteiger charge is -2.31. The summed E-state index contributed by atoms with van der Waals surface area (Å²) in [6.45, 7) is 8.03. The molecular formula is C15H21N3O. The zero-order valence-electron chi connectivity index (χ0n) is 11.9. The fraction of sp³-hybridized carbons (Fsp3) is 0.533. The third-order valence-corrected chi connectivity index (χ3v) is 4.44. The summed E-state index contributed by atoms with van der Waals surface area (Å²) in [6, 6.07) is 4.18. The number of carbonyl (C=O) groups is 1. The smallest absolute Gasteiger partial charge is 0.248 e. The number of fused-ring (bicyclic) bond motifs is 1. The summed E-state index contributed by atoms with van der Waals surface area (Å²) >= 11 is 0. The molecule has 2 aliphatic rings. The highest BCUT2D eigenvalue weighted by Crippen LogP contribution is 2.41. The van der Waals surface area contributed by atoms with Gasteiger partial charge in [0.05, 0.1) is 5.69 Å². The highest BCUT2D eigenvalue weighted by molar-refractivity contribution is 6.05. The molecule has 1 atom stereocenters. The first-order valence-corrected chi connectivity index (χ1v) is 6.93. The van der Waals surface area contributed by atoms with Crippen molar-refractivity contribution >= 4 is 11.6 Å². The summed E-state index contributed by atoms with van der Waals surface area (Å²) in [5, 5.41) is 3.34. The summed E-state index contributed by atoms with van der Waals surface area (Å²) in [7, 11) is 1.90. The lowest BCUT2D eigenvalue weighted by molar-refractivity contribution is -0.123. The van der Waals surface area contributed by atoms with E-state index in [0.29, 0.717) is 0 Å². The summed E-state index contributed by atoms with van der Waals surface area (Å²) in [6.07, 6.45) is 0. The quantitative estimate of drug-likeness (QED) is 0.824. The van der Waals surface area contributed by atoms with Crippen molar-refractivity contribution in [3.63, 3.8) is 0 Å². The lowest BCUT2D eigenvalue weighted by Crippen LogP contribution is -2.47. The van der Waals surface area contributed by atoms with Crippen molar-refractivity contribution in [3.05, 3.63) is 28.8 Å². The van der Waals surface area contributed by atoms with Crippen LogP contribution in [-0.2, 0) is 4.79 Å². The minimum atomic E-state index is -0.0820. The number of benzene rings is 1. The van der Waals surface area contributed by atoms with Gasteiger partial charge in [0.25, 0.3) is 0 Å². The molecule has 1 saturated heterocycles. The molecule has 1 aromatic carbocycles. The molecule has 0 aromatic heterocycles. The van der Waals surface area contributed by atoms with Gasteiger partial charge >= 0.3 is 0 Å². The van der Waals surface area contributed by atoms with Gasteiger partial charge in [-0.3, -0.25) is 9.69 Å². The molecule has 19 heavy (non-hydrogen) atoms. The number of hydrogen-bond donors (Lipinski definition) is 1. The maximum atomic E-state index is 12.6. The fourth-order valence-corrected chi connectivity index (χ4v) is 3.21. The number of rotatable bonds is 1. The van der Waals surface area contributed by atoms with Crippen LogP contribution in [0.25, 0.3) is 0 Å². The lowest BCUT2D eigenvalue weighted by atomic mass is 10.00. The first-order valence-electron chi connectivity index (χ1n) is 6.93. The molecule has 0 bridgehead atoms. The molecule has 0 aliphatic carbocycles. The Hall–Kier alpha value is -1.39. The third-order valence-electron chi connectivity index (χ3n) is 4.44.